The second kappa shape index (κ2) is 12.9. The van der Waals surface area contributed by atoms with Crippen LogP contribution in [0.2, 0.25) is 0 Å². The Morgan fingerprint density at radius 2 is 1.57 bits per heavy atom. The first-order valence-electron chi connectivity index (χ1n) is 15.8. The van der Waals surface area contributed by atoms with Crippen molar-refractivity contribution >= 4 is 29.7 Å². The normalized spacial score (nSPS) is 32.3. The molecule has 0 amide bonds. The molecule has 8 atom stereocenters. The van der Waals surface area contributed by atoms with Crippen LogP contribution in [0, 0.1) is 29.1 Å². The van der Waals surface area contributed by atoms with E-state index in [1.54, 1.807) is 56.3 Å². The van der Waals surface area contributed by atoms with Crippen LogP contribution in [0.5, 0.6) is 0 Å². The van der Waals surface area contributed by atoms with Crippen molar-refractivity contribution in [2.24, 2.45) is 29.1 Å². The molecule has 10 heteroatoms. The molecule has 2 fully saturated rings. The monoisotopic (exact) mass is 643 g/mol. The number of benzene rings is 1. The number of rotatable bonds is 6. The highest BCUT2D eigenvalue weighted by Crippen LogP contribution is 2.63. The van der Waals surface area contributed by atoms with Gasteiger partial charge in [-0.25, -0.2) is 9.59 Å². The van der Waals surface area contributed by atoms with Crippen molar-refractivity contribution in [1.29, 1.82) is 0 Å². The first-order chi connectivity index (χ1) is 22.2. The van der Waals surface area contributed by atoms with Crippen LogP contribution in [0.15, 0.2) is 78.7 Å². The average Bonchev–Trinajstić information content (AvgIpc) is 3.41. The Bertz CT molecular complexity index is 1610. The maximum Gasteiger partial charge on any atom is 0.340 e. The molecule has 0 aliphatic heterocycles. The molecule has 248 valence electrons. The Hall–Kier alpha value is -4.60. The Labute approximate surface area is 274 Å². The van der Waals surface area contributed by atoms with Gasteiger partial charge in [0.2, 0.25) is 5.78 Å². The van der Waals surface area contributed by atoms with Crippen LogP contribution in [0.1, 0.15) is 75.1 Å². The molecule has 5 rings (SSSR count). The number of fused-ring (bicyclic) bond motifs is 2. The van der Waals surface area contributed by atoms with E-state index in [-0.39, 0.29) is 40.4 Å². The first-order valence-corrected chi connectivity index (χ1v) is 15.8. The third kappa shape index (κ3) is 6.50. The third-order valence-corrected chi connectivity index (χ3v) is 9.98. The Morgan fingerprint density at radius 1 is 0.915 bits per heavy atom. The smallest absolute Gasteiger partial charge is 0.340 e. The summed E-state index contributed by atoms with van der Waals surface area (Å²) >= 11 is 0. The Morgan fingerprint density at radius 3 is 2.19 bits per heavy atom. The largest absolute Gasteiger partial charge is 0.458 e. The molecule has 0 radical (unpaired) electrons. The molecular weight excluding hydrogens is 602 g/mol. The van der Waals surface area contributed by atoms with Crippen LogP contribution in [-0.2, 0) is 33.3 Å². The molecule has 2 saturated carbocycles. The van der Waals surface area contributed by atoms with E-state index >= 15 is 0 Å². The van der Waals surface area contributed by atoms with Gasteiger partial charge in [0.25, 0.3) is 0 Å². The predicted molar refractivity (Wildman–Crippen MR) is 170 cm³/mol. The third-order valence-electron chi connectivity index (χ3n) is 9.98. The number of nitrogens with zero attached hydrogens (tertiary/aromatic N) is 1. The maximum atomic E-state index is 14.7. The average molecular weight is 644 g/mol. The van der Waals surface area contributed by atoms with Gasteiger partial charge < -0.3 is 18.9 Å². The van der Waals surface area contributed by atoms with Crippen molar-refractivity contribution in [3.63, 3.8) is 0 Å². The van der Waals surface area contributed by atoms with Gasteiger partial charge in [0.1, 0.15) is 18.3 Å². The van der Waals surface area contributed by atoms with Gasteiger partial charge in [-0.15, -0.1) is 0 Å². The van der Waals surface area contributed by atoms with Gasteiger partial charge >= 0.3 is 23.9 Å². The molecule has 1 heterocycles. The van der Waals surface area contributed by atoms with Crippen molar-refractivity contribution in [3.8, 4) is 0 Å². The van der Waals surface area contributed by atoms with E-state index in [1.807, 2.05) is 6.08 Å². The van der Waals surface area contributed by atoms with Crippen molar-refractivity contribution in [2.75, 3.05) is 0 Å². The number of hydrogen-bond donors (Lipinski definition) is 0. The van der Waals surface area contributed by atoms with Crippen LogP contribution in [0.4, 0.5) is 0 Å². The molecule has 0 N–H and O–H groups in total. The van der Waals surface area contributed by atoms with Crippen LogP contribution in [-0.4, -0.2) is 58.6 Å². The molecule has 1 unspecified atom stereocenters. The molecule has 0 bridgehead atoms. The highest BCUT2D eigenvalue weighted by atomic mass is 16.6. The Balaban J connectivity index is 1.68. The van der Waals surface area contributed by atoms with E-state index in [0.29, 0.717) is 12.0 Å². The number of pyridine rings is 1. The minimum atomic E-state index is -1.90. The van der Waals surface area contributed by atoms with Crippen LogP contribution in [0.25, 0.3) is 0 Å². The minimum absolute atomic E-state index is 0.0172. The standard InChI is InChI=1S/C37H41NO9/c1-20-16-27-28(36(27,6)7)17-29(45-35(43)26-14-11-15-38-19-26)22(3)32(44-23(4)39)30-31(46-34(42)25-12-9-8-10-13-25)21(2)18-37(30,33(20)41)47-24(5)40/h8-16,19,21,27-32H,3,17-18H2,1-2,4-7H3/b20-16-/t21-,27+,28-,29+,30+,31-,32?,37+/m0/s1. The lowest BCUT2D eigenvalue weighted by molar-refractivity contribution is -0.179. The first kappa shape index (κ1) is 33.8. The second-order valence-corrected chi connectivity index (χ2v) is 13.5. The summed E-state index contributed by atoms with van der Waals surface area (Å²) in [7, 11) is 0. The number of ether oxygens (including phenoxy) is 4. The topological polar surface area (TPSA) is 135 Å². The number of carbonyl (C=O) groups excluding carboxylic acids is 5. The van der Waals surface area contributed by atoms with E-state index in [4.69, 9.17) is 18.9 Å². The Kier molecular flexibility index (Phi) is 9.26. The highest BCUT2D eigenvalue weighted by Gasteiger charge is 2.66. The van der Waals surface area contributed by atoms with Crippen LogP contribution < -0.4 is 0 Å². The number of aromatic nitrogens is 1. The van der Waals surface area contributed by atoms with Crippen molar-refractivity contribution in [2.45, 2.75) is 78.3 Å². The molecular formula is C37H41NO9. The number of carbonyl (C=O) groups is 5. The van der Waals surface area contributed by atoms with E-state index < -0.39 is 65.4 Å². The van der Waals surface area contributed by atoms with Crippen molar-refractivity contribution in [3.05, 3.63) is 89.8 Å². The van der Waals surface area contributed by atoms with E-state index in [1.165, 1.54) is 26.2 Å². The van der Waals surface area contributed by atoms with Gasteiger partial charge in [0.15, 0.2) is 5.60 Å². The summed E-state index contributed by atoms with van der Waals surface area (Å²) in [6, 6.07) is 11.5. The lowest BCUT2D eigenvalue weighted by atomic mass is 9.76. The van der Waals surface area contributed by atoms with Crippen molar-refractivity contribution < 1.29 is 42.9 Å². The molecule has 1 aromatic carbocycles. The molecule has 0 spiro atoms. The maximum absolute atomic E-state index is 14.7. The van der Waals surface area contributed by atoms with Gasteiger partial charge in [0, 0.05) is 38.2 Å². The van der Waals surface area contributed by atoms with Crippen molar-refractivity contribution in [1.82, 2.24) is 4.98 Å². The predicted octanol–water partition coefficient (Wildman–Crippen LogP) is 5.47. The molecule has 2 aromatic rings. The van der Waals surface area contributed by atoms with Gasteiger partial charge in [-0.2, -0.15) is 0 Å². The molecule has 0 saturated heterocycles. The number of hydrogen-bond acceptors (Lipinski definition) is 10. The van der Waals surface area contributed by atoms with Crippen LogP contribution in [0.3, 0.4) is 0 Å². The summed E-state index contributed by atoms with van der Waals surface area (Å²) in [4.78, 5) is 71.2. The molecule has 10 nitrogen and oxygen atoms in total. The fourth-order valence-corrected chi connectivity index (χ4v) is 7.55. The number of Topliss-reactive ketones (excluding diaryl/α,β-unsaturated/α-hetero) is 1. The fraction of sp³-hybridized carbons (Fsp3) is 0.459. The summed E-state index contributed by atoms with van der Waals surface area (Å²) < 4.78 is 24.2. The summed E-state index contributed by atoms with van der Waals surface area (Å²) in [5.74, 6) is -5.08. The lowest BCUT2D eigenvalue weighted by Crippen LogP contribution is -2.55. The van der Waals surface area contributed by atoms with Gasteiger partial charge in [-0.1, -0.05) is 51.6 Å². The summed E-state index contributed by atoms with van der Waals surface area (Å²) in [5, 5.41) is 0. The fourth-order valence-electron chi connectivity index (χ4n) is 7.55. The van der Waals surface area contributed by atoms with E-state index in [2.05, 4.69) is 25.4 Å². The van der Waals surface area contributed by atoms with Gasteiger partial charge in [-0.3, -0.25) is 19.4 Å². The second-order valence-electron chi connectivity index (χ2n) is 13.5. The van der Waals surface area contributed by atoms with E-state index in [9.17, 15) is 24.0 Å². The molecule has 1 aromatic heterocycles. The number of ketones is 1. The number of esters is 4. The van der Waals surface area contributed by atoms with Crippen LogP contribution >= 0.6 is 0 Å². The van der Waals surface area contributed by atoms with E-state index in [0.717, 1.165) is 0 Å². The SMILES string of the molecule is C=C1C(OC(C)=O)[C@H]2[C@@H](OC(=O)c3ccccc3)[C@@H](C)C[C@]2(OC(C)=O)C(=O)/C(C)=C\[C@@H]2[C@H](C[C@H]1OC(=O)c1cccnc1)C2(C)C. The van der Waals surface area contributed by atoms with Gasteiger partial charge in [0.05, 0.1) is 17.0 Å². The lowest BCUT2D eigenvalue weighted by Gasteiger charge is -2.40. The quantitative estimate of drug-likeness (QED) is 0.227. The highest BCUT2D eigenvalue weighted by molar-refractivity contribution is 6.03. The summed E-state index contributed by atoms with van der Waals surface area (Å²) in [6.07, 6.45) is 1.70. The zero-order valence-corrected chi connectivity index (χ0v) is 27.6. The zero-order valence-electron chi connectivity index (χ0n) is 27.6. The minimum Gasteiger partial charge on any atom is -0.458 e. The number of allylic oxidation sites excluding steroid dienone is 1. The molecule has 3 aliphatic carbocycles. The summed E-state index contributed by atoms with van der Waals surface area (Å²) in [6.45, 7) is 14.3. The molecule has 3 aliphatic rings. The summed E-state index contributed by atoms with van der Waals surface area (Å²) in [5.41, 5.74) is -1.11. The molecule has 47 heavy (non-hydrogen) atoms. The zero-order chi connectivity index (χ0) is 34.3. The van der Waals surface area contributed by atoms with Gasteiger partial charge in [-0.05, 0) is 66.4 Å².